The molecule has 0 unspecified atom stereocenters. The maximum atomic E-state index is 13.7. The van der Waals surface area contributed by atoms with E-state index in [1.165, 1.54) is 6.07 Å². The van der Waals surface area contributed by atoms with Crippen LogP contribution in [0.25, 0.3) is 0 Å². The third-order valence-corrected chi connectivity index (χ3v) is 4.49. The quantitative estimate of drug-likeness (QED) is 0.929. The highest BCUT2D eigenvalue weighted by molar-refractivity contribution is 5.69. The van der Waals surface area contributed by atoms with E-state index in [9.17, 15) is 9.18 Å². The Morgan fingerprint density at radius 1 is 1.22 bits per heavy atom. The topological polar surface area (TPSA) is 41.6 Å². The monoisotopic (exact) mass is 320 g/mol. The smallest absolute Gasteiger partial charge is 0.410 e. The van der Waals surface area contributed by atoms with Crippen LogP contribution in [-0.2, 0) is 4.74 Å². The van der Waals surface area contributed by atoms with E-state index >= 15 is 0 Å². The zero-order valence-electron chi connectivity index (χ0n) is 14.0. The van der Waals surface area contributed by atoms with Crippen LogP contribution in [0.2, 0.25) is 0 Å². The first-order valence-corrected chi connectivity index (χ1v) is 8.30. The number of rotatable bonds is 3. The number of carbonyl (C=O) groups excluding carboxylic acids is 1. The predicted molar refractivity (Wildman–Crippen MR) is 86.9 cm³/mol. The molecule has 0 bridgehead atoms. The fourth-order valence-electron chi connectivity index (χ4n) is 3.21. The van der Waals surface area contributed by atoms with Crippen molar-refractivity contribution in [1.82, 2.24) is 10.2 Å². The minimum Gasteiger partial charge on any atom is -0.444 e. The second-order valence-corrected chi connectivity index (χ2v) is 7.64. The lowest BCUT2D eigenvalue weighted by atomic mass is 9.75. The zero-order valence-corrected chi connectivity index (χ0v) is 14.0. The highest BCUT2D eigenvalue weighted by Crippen LogP contribution is 2.38. The average Bonchev–Trinajstić information content (AvgIpc) is 2.34. The number of nitrogens with zero attached hydrogens (tertiary/aromatic N) is 1. The van der Waals surface area contributed by atoms with Gasteiger partial charge in [-0.1, -0.05) is 18.2 Å². The largest absolute Gasteiger partial charge is 0.444 e. The molecule has 2 aliphatic rings. The van der Waals surface area contributed by atoms with Gasteiger partial charge in [0.05, 0.1) is 0 Å². The summed E-state index contributed by atoms with van der Waals surface area (Å²) in [6.07, 6.45) is 1.68. The van der Waals surface area contributed by atoms with Gasteiger partial charge < -0.3 is 15.0 Å². The number of ether oxygens (including phenoxy) is 1. The van der Waals surface area contributed by atoms with Gasteiger partial charge in [0.1, 0.15) is 11.4 Å². The number of likely N-dealkylation sites (tertiary alicyclic amines) is 1. The van der Waals surface area contributed by atoms with Gasteiger partial charge in [-0.05, 0) is 51.2 Å². The SMILES string of the molecule is CC(C)(C)OC(=O)N1CC(NC2CC(c3ccccc3F)C2)C1. The van der Waals surface area contributed by atoms with Crippen LogP contribution in [0.1, 0.15) is 45.1 Å². The first kappa shape index (κ1) is 16.2. The summed E-state index contributed by atoms with van der Waals surface area (Å²) in [5, 5.41) is 3.55. The van der Waals surface area contributed by atoms with Crippen LogP contribution in [0.15, 0.2) is 24.3 Å². The Hall–Kier alpha value is -1.62. The van der Waals surface area contributed by atoms with Crippen LogP contribution in [-0.4, -0.2) is 41.8 Å². The van der Waals surface area contributed by atoms with Crippen molar-refractivity contribution in [3.05, 3.63) is 35.6 Å². The number of nitrogens with one attached hydrogen (secondary N) is 1. The first-order chi connectivity index (χ1) is 10.8. The van der Waals surface area contributed by atoms with Gasteiger partial charge in [-0.3, -0.25) is 0 Å². The standard InChI is InChI=1S/C18H25FN2O2/c1-18(2,3)23-17(22)21-10-14(11-21)20-13-8-12(9-13)15-6-4-5-7-16(15)19/h4-7,12-14,20H,8-11H2,1-3H3. The minimum atomic E-state index is -0.448. The fourth-order valence-corrected chi connectivity index (χ4v) is 3.21. The van der Waals surface area contributed by atoms with Gasteiger partial charge in [0.2, 0.25) is 0 Å². The summed E-state index contributed by atoms with van der Waals surface area (Å²) >= 11 is 0. The van der Waals surface area contributed by atoms with E-state index in [1.807, 2.05) is 32.9 Å². The molecule has 0 atom stereocenters. The first-order valence-electron chi connectivity index (χ1n) is 8.30. The van der Waals surface area contributed by atoms with Gasteiger partial charge >= 0.3 is 6.09 Å². The maximum absolute atomic E-state index is 13.7. The van der Waals surface area contributed by atoms with Crippen LogP contribution < -0.4 is 5.32 Å². The Morgan fingerprint density at radius 2 is 1.87 bits per heavy atom. The normalized spacial score (nSPS) is 24.8. The van der Waals surface area contributed by atoms with Crippen molar-refractivity contribution in [3.63, 3.8) is 0 Å². The van der Waals surface area contributed by atoms with Crippen molar-refractivity contribution in [2.75, 3.05) is 13.1 Å². The molecule has 4 nitrogen and oxygen atoms in total. The molecule has 0 aromatic heterocycles. The third-order valence-electron chi connectivity index (χ3n) is 4.49. The van der Waals surface area contributed by atoms with E-state index in [0.29, 0.717) is 31.1 Å². The van der Waals surface area contributed by atoms with Crippen molar-refractivity contribution in [1.29, 1.82) is 0 Å². The van der Waals surface area contributed by atoms with Gasteiger partial charge in [0.25, 0.3) is 0 Å². The molecule has 1 heterocycles. The lowest BCUT2D eigenvalue weighted by Crippen LogP contribution is -2.63. The van der Waals surface area contributed by atoms with E-state index in [2.05, 4.69) is 5.32 Å². The van der Waals surface area contributed by atoms with Crippen molar-refractivity contribution in [2.24, 2.45) is 0 Å². The van der Waals surface area contributed by atoms with Crippen LogP contribution in [0.4, 0.5) is 9.18 Å². The molecular weight excluding hydrogens is 295 g/mol. The van der Waals surface area contributed by atoms with Crippen LogP contribution >= 0.6 is 0 Å². The molecule has 1 saturated carbocycles. The number of amides is 1. The Morgan fingerprint density at radius 3 is 2.48 bits per heavy atom. The summed E-state index contributed by atoms with van der Waals surface area (Å²) in [7, 11) is 0. The fraction of sp³-hybridized carbons (Fsp3) is 0.611. The van der Waals surface area contributed by atoms with Crippen LogP contribution in [0, 0.1) is 5.82 Å². The summed E-state index contributed by atoms with van der Waals surface area (Å²) < 4.78 is 19.1. The Bertz CT molecular complexity index is 573. The number of benzene rings is 1. The molecule has 1 N–H and O–H groups in total. The molecule has 5 heteroatoms. The van der Waals surface area contributed by atoms with E-state index in [4.69, 9.17) is 4.74 Å². The summed E-state index contributed by atoms with van der Waals surface area (Å²) in [4.78, 5) is 13.6. The molecular formula is C18H25FN2O2. The van der Waals surface area contributed by atoms with E-state index in [-0.39, 0.29) is 11.9 Å². The molecule has 1 aliphatic heterocycles. The van der Waals surface area contributed by atoms with Gasteiger partial charge in [0.15, 0.2) is 0 Å². The highest BCUT2D eigenvalue weighted by atomic mass is 19.1. The van der Waals surface area contributed by atoms with Gasteiger partial charge in [-0.15, -0.1) is 0 Å². The second kappa shape index (κ2) is 6.11. The Balaban J connectivity index is 1.38. The summed E-state index contributed by atoms with van der Waals surface area (Å²) in [6, 6.07) is 7.78. The van der Waals surface area contributed by atoms with Gasteiger partial charge in [-0.2, -0.15) is 0 Å². The third kappa shape index (κ3) is 3.83. The van der Waals surface area contributed by atoms with Crippen molar-refractivity contribution < 1.29 is 13.9 Å². The minimum absolute atomic E-state index is 0.101. The molecule has 0 radical (unpaired) electrons. The van der Waals surface area contributed by atoms with Crippen LogP contribution in [0.5, 0.6) is 0 Å². The number of carbonyl (C=O) groups is 1. The van der Waals surface area contributed by atoms with E-state index in [0.717, 1.165) is 18.4 Å². The van der Waals surface area contributed by atoms with Crippen molar-refractivity contribution >= 4 is 6.09 Å². The molecule has 0 spiro atoms. The molecule has 1 aromatic carbocycles. The Labute approximate surface area is 137 Å². The molecule has 1 aliphatic carbocycles. The highest BCUT2D eigenvalue weighted by Gasteiger charge is 2.38. The maximum Gasteiger partial charge on any atom is 0.410 e. The molecule has 1 aromatic rings. The molecule has 3 rings (SSSR count). The zero-order chi connectivity index (χ0) is 16.6. The number of hydrogen-bond donors (Lipinski definition) is 1. The summed E-state index contributed by atoms with van der Waals surface area (Å²) in [5.41, 5.74) is 0.380. The average molecular weight is 320 g/mol. The van der Waals surface area contributed by atoms with E-state index in [1.54, 1.807) is 11.0 Å². The molecule has 1 amide bonds. The lowest BCUT2D eigenvalue weighted by Gasteiger charge is -2.45. The molecule has 126 valence electrons. The van der Waals surface area contributed by atoms with Gasteiger partial charge in [0, 0.05) is 25.2 Å². The van der Waals surface area contributed by atoms with Crippen molar-refractivity contribution in [3.8, 4) is 0 Å². The number of hydrogen-bond acceptors (Lipinski definition) is 3. The second-order valence-electron chi connectivity index (χ2n) is 7.64. The van der Waals surface area contributed by atoms with E-state index < -0.39 is 5.60 Å². The molecule has 1 saturated heterocycles. The van der Waals surface area contributed by atoms with Crippen molar-refractivity contribution in [2.45, 2.75) is 57.2 Å². The molecule has 2 fully saturated rings. The van der Waals surface area contributed by atoms with Crippen LogP contribution in [0.3, 0.4) is 0 Å². The lowest BCUT2D eigenvalue weighted by molar-refractivity contribution is 0.00256. The Kier molecular flexibility index (Phi) is 4.32. The van der Waals surface area contributed by atoms with Gasteiger partial charge in [-0.25, -0.2) is 9.18 Å². The summed E-state index contributed by atoms with van der Waals surface area (Å²) in [5.74, 6) is 0.214. The predicted octanol–water partition coefficient (Wildman–Crippen LogP) is 3.28. The number of halogens is 1. The summed E-state index contributed by atoms with van der Waals surface area (Å²) in [6.45, 7) is 7.00. The molecule has 23 heavy (non-hydrogen) atoms.